The molecule has 1 unspecified atom stereocenters. The summed E-state index contributed by atoms with van der Waals surface area (Å²) < 4.78 is 4.73. The van der Waals surface area contributed by atoms with Crippen molar-refractivity contribution in [1.29, 1.82) is 0 Å². The van der Waals surface area contributed by atoms with Gasteiger partial charge in [0.25, 0.3) is 0 Å². The van der Waals surface area contributed by atoms with Crippen LogP contribution in [0, 0.1) is 0 Å². The van der Waals surface area contributed by atoms with E-state index in [1.54, 1.807) is 0 Å². The number of hydrogen-bond acceptors (Lipinski definition) is 9. The van der Waals surface area contributed by atoms with Gasteiger partial charge in [0.2, 0.25) is 5.79 Å². The molecule has 0 bridgehead atoms. The highest BCUT2D eigenvalue weighted by molar-refractivity contribution is 4.99. The Labute approximate surface area is 102 Å². The van der Waals surface area contributed by atoms with Crippen molar-refractivity contribution in [3.05, 3.63) is 0 Å². The highest BCUT2D eigenvalue weighted by Gasteiger charge is 2.54. The van der Waals surface area contributed by atoms with Gasteiger partial charge in [-0.15, -0.1) is 0 Å². The first-order valence-electron chi connectivity index (χ1n) is 5.30. The molecule has 0 amide bonds. The van der Waals surface area contributed by atoms with Gasteiger partial charge in [-0.3, -0.25) is 0 Å². The molecule has 0 aromatic rings. The Balaban J connectivity index is 2.92. The average molecular weight is 270 g/mol. The van der Waals surface area contributed by atoms with E-state index in [2.05, 4.69) is 0 Å². The lowest BCUT2D eigenvalue weighted by atomic mass is 9.89. The van der Waals surface area contributed by atoms with Crippen LogP contribution in [0.5, 0.6) is 0 Å². The number of ether oxygens (including phenoxy) is 1. The van der Waals surface area contributed by atoms with Gasteiger partial charge in [-0.25, -0.2) is 0 Å². The Morgan fingerprint density at radius 3 is 2.06 bits per heavy atom. The van der Waals surface area contributed by atoms with E-state index in [1.807, 2.05) is 0 Å². The third-order valence-electron chi connectivity index (χ3n) is 2.96. The average Bonchev–Trinajstić information content (AvgIpc) is 2.38. The Hall–Kier alpha value is -0.360. The molecule has 0 saturated carbocycles. The third-order valence-corrected chi connectivity index (χ3v) is 2.96. The van der Waals surface area contributed by atoms with Crippen LogP contribution in [0.1, 0.15) is 0 Å². The van der Waals surface area contributed by atoms with Crippen molar-refractivity contribution in [2.75, 3.05) is 13.2 Å². The van der Waals surface area contributed by atoms with Crippen molar-refractivity contribution in [1.82, 2.24) is 0 Å². The molecule has 18 heavy (non-hydrogen) atoms. The summed E-state index contributed by atoms with van der Waals surface area (Å²) in [4.78, 5) is 0. The second-order valence-corrected chi connectivity index (χ2v) is 4.25. The highest BCUT2D eigenvalue weighted by Crippen LogP contribution is 2.30. The predicted octanol–water partition coefficient (Wildman–Crippen LogP) is -5.14. The molecule has 7 atom stereocenters. The Morgan fingerprint density at radius 1 is 1.06 bits per heavy atom. The molecular weight excluding hydrogens is 252 g/mol. The van der Waals surface area contributed by atoms with Crippen molar-refractivity contribution in [3.63, 3.8) is 0 Å². The molecule has 1 rings (SSSR count). The van der Waals surface area contributed by atoms with Crippen molar-refractivity contribution in [3.8, 4) is 0 Å². The second kappa shape index (κ2) is 5.74. The van der Waals surface area contributed by atoms with E-state index in [-0.39, 0.29) is 0 Å². The molecule has 1 saturated heterocycles. The fraction of sp³-hybridized carbons (Fsp3) is 1.00. The minimum absolute atomic E-state index is 0.843. The van der Waals surface area contributed by atoms with Gasteiger partial charge in [0, 0.05) is 0 Å². The zero-order chi connectivity index (χ0) is 14.1. The van der Waals surface area contributed by atoms with Gasteiger partial charge < -0.3 is 45.6 Å². The molecule has 1 heterocycles. The lowest BCUT2D eigenvalue weighted by Crippen LogP contribution is -2.69. The van der Waals surface area contributed by atoms with Crippen molar-refractivity contribution in [2.24, 2.45) is 0 Å². The highest BCUT2D eigenvalue weighted by atomic mass is 16.7. The lowest BCUT2D eigenvalue weighted by Gasteiger charge is -2.46. The first-order valence-corrected chi connectivity index (χ1v) is 5.30. The van der Waals surface area contributed by atoms with Gasteiger partial charge in [-0.05, 0) is 0 Å². The summed E-state index contributed by atoms with van der Waals surface area (Å²) >= 11 is 0. The number of hydrogen-bond donors (Lipinski definition) is 8. The summed E-state index contributed by atoms with van der Waals surface area (Å²) in [5.41, 5.74) is 0. The maximum absolute atomic E-state index is 9.66. The van der Waals surface area contributed by atoms with Crippen molar-refractivity contribution < 1.29 is 45.6 Å². The van der Waals surface area contributed by atoms with Gasteiger partial charge in [-0.1, -0.05) is 0 Å². The fourth-order valence-corrected chi connectivity index (χ4v) is 1.75. The first-order chi connectivity index (χ1) is 8.28. The predicted molar refractivity (Wildman–Crippen MR) is 54.0 cm³/mol. The molecule has 1 aliphatic heterocycles. The number of rotatable bonds is 4. The number of aliphatic hydroxyl groups excluding tert-OH is 7. The second-order valence-electron chi connectivity index (χ2n) is 4.25. The summed E-state index contributed by atoms with van der Waals surface area (Å²) in [6.07, 6.45) is -10.9. The Kier molecular flexibility index (Phi) is 5.00. The van der Waals surface area contributed by atoms with E-state index in [9.17, 15) is 30.6 Å². The molecule has 0 aromatic carbocycles. The van der Waals surface area contributed by atoms with Crippen LogP contribution in [0.4, 0.5) is 0 Å². The van der Waals surface area contributed by atoms with Crippen LogP contribution in [-0.4, -0.2) is 96.5 Å². The molecule has 0 radical (unpaired) electrons. The maximum atomic E-state index is 9.66. The third kappa shape index (κ3) is 2.64. The summed E-state index contributed by atoms with van der Waals surface area (Å²) in [6.45, 7) is -1.94. The zero-order valence-electron chi connectivity index (χ0n) is 9.36. The quantitative estimate of drug-likeness (QED) is 0.249. The molecule has 0 spiro atoms. The largest absolute Gasteiger partial charge is 0.394 e. The van der Waals surface area contributed by atoms with Crippen LogP contribution < -0.4 is 0 Å². The SMILES string of the molecule is OC[C@@H](O)[C@@H](O)[C@H]1OC(O)(CO)[C@H](O)[C@@H](O)[C@@H]1O. The van der Waals surface area contributed by atoms with Crippen LogP contribution in [0.15, 0.2) is 0 Å². The van der Waals surface area contributed by atoms with Gasteiger partial charge in [-0.2, -0.15) is 0 Å². The lowest BCUT2D eigenvalue weighted by molar-refractivity contribution is -0.368. The van der Waals surface area contributed by atoms with E-state index >= 15 is 0 Å². The Morgan fingerprint density at radius 2 is 1.61 bits per heavy atom. The zero-order valence-corrected chi connectivity index (χ0v) is 9.36. The van der Waals surface area contributed by atoms with E-state index in [0.717, 1.165) is 0 Å². The first kappa shape index (κ1) is 15.7. The Bertz CT molecular complexity index is 271. The van der Waals surface area contributed by atoms with Gasteiger partial charge in [0.05, 0.1) is 13.2 Å². The minimum atomic E-state index is -2.58. The normalized spacial score (nSPS) is 44.7. The van der Waals surface area contributed by atoms with Crippen LogP contribution in [-0.2, 0) is 4.74 Å². The minimum Gasteiger partial charge on any atom is -0.394 e. The molecule has 1 fully saturated rings. The van der Waals surface area contributed by atoms with Crippen molar-refractivity contribution >= 4 is 0 Å². The maximum Gasteiger partial charge on any atom is 0.219 e. The van der Waals surface area contributed by atoms with E-state index in [1.165, 1.54) is 0 Å². The van der Waals surface area contributed by atoms with Crippen LogP contribution in [0.3, 0.4) is 0 Å². The molecule has 9 nitrogen and oxygen atoms in total. The van der Waals surface area contributed by atoms with E-state index < -0.39 is 55.6 Å². The summed E-state index contributed by atoms with van der Waals surface area (Å²) in [5, 5.41) is 74.5. The van der Waals surface area contributed by atoms with Gasteiger partial charge in [0.1, 0.15) is 36.6 Å². The van der Waals surface area contributed by atoms with Crippen LogP contribution in [0.25, 0.3) is 0 Å². The molecular formula is C9H18O9. The molecule has 8 N–H and O–H groups in total. The van der Waals surface area contributed by atoms with Crippen LogP contribution in [0.2, 0.25) is 0 Å². The topological polar surface area (TPSA) is 171 Å². The smallest absolute Gasteiger partial charge is 0.219 e. The molecule has 0 aromatic heterocycles. The van der Waals surface area contributed by atoms with E-state index in [0.29, 0.717) is 0 Å². The summed E-state index contributed by atoms with van der Waals surface area (Å²) in [7, 11) is 0. The summed E-state index contributed by atoms with van der Waals surface area (Å²) in [5.74, 6) is -2.58. The monoisotopic (exact) mass is 270 g/mol. The molecule has 9 heteroatoms. The fourth-order valence-electron chi connectivity index (χ4n) is 1.75. The van der Waals surface area contributed by atoms with Gasteiger partial charge in [0.15, 0.2) is 0 Å². The molecule has 1 aliphatic rings. The molecule has 0 aliphatic carbocycles. The van der Waals surface area contributed by atoms with E-state index in [4.69, 9.17) is 14.9 Å². The van der Waals surface area contributed by atoms with Crippen LogP contribution >= 0.6 is 0 Å². The molecule has 108 valence electrons. The van der Waals surface area contributed by atoms with Crippen molar-refractivity contribution in [2.45, 2.75) is 42.4 Å². The van der Waals surface area contributed by atoms with Gasteiger partial charge >= 0.3 is 0 Å². The number of aliphatic hydroxyl groups is 8. The summed E-state index contributed by atoms with van der Waals surface area (Å²) in [6, 6.07) is 0. The standard InChI is InChI=1S/C9H18O9/c10-1-3(12)4(13)7-5(14)6(15)8(16)9(17,2-11)18-7/h3-8,10-17H,1-2H2/t3-,4-,5+,6+,7-,8-,9?/m1/s1.